The van der Waals surface area contributed by atoms with Gasteiger partial charge in [-0.1, -0.05) is 0 Å². The van der Waals surface area contributed by atoms with Gasteiger partial charge in [-0.3, -0.25) is 9.59 Å². The van der Waals surface area contributed by atoms with Crippen molar-refractivity contribution >= 4 is 22.7 Å². The molecule has 0 spiro atoms. The van der Waals surface area contributed by atoms with E-state index in [-0.39, 0.29) is 17.7 Å². The number of carbonyl (C=O) groups is 2. The number of nitrogens with one attached hydrogen (secondary N) is 1. The molecule has 6 heteroatoms. The molecule has 4 aliphatic rings. The molecular weight excluding hydrogens is 414 g/mol. The molecule has 1 aromatic heterocycles. The largest absolute Gasteiger partial charge is 0.381 e. The fraction of sp³-hybridized carbons (Fsp3) is 0.630. The van der Waals surface area contributed by atoms with Crippen LogP contribution in [0.15, 0.2) is 18.2 Å². The molecule has 1 aromatic carbocycles. The van der Waals surface area contributed by atoms with E-state index < -0.39 is 0 Å². The summed E-state index contributed by atoms with van der Waals surface area (Å²) in [6, 6.07) is 6.60. The SMILES string of the molecule is Cn1c2c(c3cc(C(=O)N4CC[C@@H](C(=O)NC5CC5)C4)ccc31)CC(C1CCOCC1)CC2. The Labute approximate surface area is 195 Å². The van der Waals surface area contributed by atoms with Crippen LogP contribution in [-0.4, -0.2) is 53.6 Å². The zero-order valence-corrected chi connectivity index (χ0v) is 19.6. The molecule has 3 fully saturated rings. The number of likely N-dealkylation sites (tertiary alicyclic amines) is 1. The van der Waals surface area contributed by atoms with Gasteiger partial charge in [-0.2, -0.15) is 0 Å². The number of aromatic nitrogens is 1. The Hall–Kier alpha value is -2.34. The molecule has 2 aliphatic carbocycles. The van der Waals surface area contributed by atoms with E-state index >= 15 is 0 Å². The highest BCUT2D eigenvalue weighted by Crippen LogP contribution is 2.39. The Kier molecular flexibility index (Phi) is 5.44. The van der Waals surface area contributed by atoms with Gasteiger partial charge in [0.1, 0.15) is 0 Å². The molecule has 0 radical (unpaired) electrons. The van der Waals surface area contributed by atoms with Crippen LogP contribution in [0.3, 0.4) is 0 Å². The number of rotatable bonds is 4. The summed E-state index contributed by atoms with van der Waals surface area (Å²) in [5.41, 5.74) is 4.88. The van der Waals surface area contributed by atoms with Crippen LogP contribution in [0.1, 0.15) is 60.1 Å². The average molecular weight is 450 g/mol. The summed E-state index contributed by atoms with van der Waals surface area (Å²) in [5.74, 6) is 1.60. The van der Waals surface area contributed by atoms with Gasteiger partial charge >= 0.3 is 0 Å². The van der Waals surface area contributed by atoms with E-state index in [9.17, 15) is 9.59 Å². The van der Waals surface area contributed by atoms with Crippen molar-refractivity contribution in [2.45, 2.75) is 57.4 Å². The lowest BCUT2D eigenvalue weighted by molar-refractivity contribution is -0.124. The lowest BCUT2D eigenvalue weighted by atomic mass is 9.75. The summed E-state index contributed by atoms with van der Waals surface area (Å²) in [6.45, 7) is 3.00. The molecule has 2 aromatic rings. The molecule has 2 atom stereocenters. The normalized spacial score (nSPS) is 25.9. The van der Waals surface area contributed by atoms with Gasteiger partial charge in [0.25, 0.3) is 5.91 Å². The van der Waals surface area contributed by atoms with Crippen molar-refractivity contribution in [2.75, 3.05) is 26.3 Å². The van der Waals surface area contributed by atoms with Crippen molar-refractivity contribution in [2.24, 2.45) is 24.8 Å². The topological polar surface area (TPSA) is 63.6 Å². The van der Waals surface area contributed by atoms with Gasteiger partial charge in [-0.05, 0) is 87.0 Å². The van der Waals surface area contributed by atoms with Crippen molar-refractivity contribution in [1.29, 1.82) is 0 Å². The van der Waals surface area contributed by atoms with Crippen LogP contribution in [0, 0.1) is 17.8 Å². The minimum atomic E-state index is -0.0667. The Morgan fingerprint density at radius 2 is 1.85 bits per heavy atom. The monoisotopic (exact) mass is 449 g/mol. The Bertz CT molecular complexity index is 1080. The van der Waals surface area contributed by atoms with E-state index in [2.05, 4.69) is 29.1 Å². The quantitative estimate of drug-likeness (QED) is 0.778. The van der Waals surface area contributed by atoms with E-state index in [0.717, 1.165) is 62.7 Å². The summed E-state index contributed by atoms with van der Waals surface area (Å²) >= 11 is 0. The van der Waals surface area contributed by atoms with Crippen molar-refractivity contribution in [3.8, 4) is 0 Å². The molecule has 0 bridgehead atoms. The molecule has 2 saturated heterocycles. The van der Waals surface area contributed by atoms with Crippen LogP contribution in [-0.2, 0) is 29.4 Å². The predicted molar refractivity (Wildman–Crippen MR) is 127 cm³/mol. The first-order chi connectivity index (χ1) is 16.1. The van der Waals surface area contributed by atoms with Crippen LogP contribution in [0.25, 0.3) is 10.9 Å². The number of ether oxygens (including phenoxy) is 1. The van der Waals surface area contributed by atoms with Crippen LogP contribution in [0.4, 0.5) is 0 Å². The molecule has 3 heterocycles. The van der Waals surface area contributed by atoms with E-state index in [0.29, 0.717) is 19.1 Å². The fourth-order valence-electron chi connectivity index (χ4n) is 6.42. The first-order valence-electron chi connectivity index (χ1n) is 12.9. The molecule has 1 unspecified atom stereocenters. The van der Waals surface area contributed by atoms with Crippen molar-refractivity contribution in [3.05, 3.63) is 35.0 Å². The molecule has 2 aliphatic heterocycles. The number of nitrogens with zero attached hydrogens (tertiary/aromatic N) is 2. The standard InChI is InChI=1S/C27H35N3O3/c1-29-24-6-2-18(17-9-12-33-13-10-17)14-22(24)23-15-19(3-7-25(23)29)27(32)30-11-8-20(16-30)26(31)28-21-4-5-21/h3,7,15,17-18,20-21H,2,4-6,8-14,16H2,1H3,(H,28,31)/t18?,20-/m1/s1. The molecule has 6 nitrogen and oxygen atoms in total. The lowest BCUT2D eigenvalue weighted by Gasteiger charge is -2.33. The van der Waals surface area contributed by atoms with Crippen LogP contribution in [0.2, 0.25) is 0 Å². The minimum absolute atomic E-state index is 0.0630. The number of benzene rings is 1. The first kappa shape index (κ1) is 21.2. The Balaban J connectivity index is 1.22. The predicted octanol–water partition coefficient (Wildman–Crippen LogP) is 3.45. The number of aryl methyl sites for hydroxylation is 1. The van der Waals surface area contributed by atoms with E-state index in [1.54, 1.807) is 0 Å². The van der Waals surface area contributed by atoms with E-state index in [1.807, 2.05) is 11.0 Å². The second-order valence-electron chi connectivity index (χ2n) is 10.7. The maximum Gasteiger partial charge on any atom is 0.253 e. The van der Waals surface area contributed by atoms with Gasteiger partial charge in [0, 0.05) is 61.6 Å². The van der Waals surface area contributed by atoms with Crippen LogP contribution < -0.4 is 5.32 Å². The Morgan fingerprint density at radius 3 is 2.64 bits per heavy atom. The van der Waals surface area contributed by atoms with E-state index in [1.165, 1.54) is 41.4 Å². The second kappa shape index (κ2) is 8.46. The van der Waals surface area contributed by atoms with Crippen molar-refractivity contribution in [3.63, 3.8) is 0 Å². The highest BCUT2D eigenvalue weighted by molar-refractivity contribution is 6.00. The van der Waals surface area contributed by atoms with Gasteiger partial charge < -0.3 is 19.5 Å². The van der Waals surface area contributed by atoms with Crippen molar-refractivity contribution < 1.29 is 14.3 Å². The second-order valence-corrected chi connectivity index (χ2v) is 10.7. The molecule has 1 N–H and O–H groups in total. The van der Waals surface area contributed by atoms with Crippen molar-refractivity contribution in [1.82, 2.24) is 14.8 Å². The average Bonchev–Trinajstić information content (AvgIpc) is 3.45. The maximum absolute atomic E-state index is 13.4. The highest BCUT2D eigenvalue weighted by atomic mass is 16.5. The smallest absolute Gasteiger partial charge is 0.253 e. The number of hydrogen-bond donors (Lipinski definition) is 1. The fourth-order valence-corrected chi connectivity index (χ4v) is 6.42. The zero-order valence-electron chi connectivity index (χ0n) is 19.6. The maximum atomic E-state index is 13.4. The first-order valence-corrected chi connectivity index (χ1v) is 12.9. The molecule has 2 amide bonds. The van der Waals surface area contributed by atoms with Crippen LogP contribution >= 0.6 is 0 Å². The zero-order chi connectivity index (χ0) is 22.5. The number of fused-ring (bicyclic) bond motifs is 3. The van der Waals surface area contributed by atoms with Gasteiger partial charge in [0.15, 0.2) is 0 Å². The lowest BCUT2D eigenvalue weighted by Crippen LogP contribution is -2.35. The molecule has 176 valence electrons. The third-order valence-electron chi connectivity index (χ3n) is 8.60. The van der Waals surface area contributed by atoms with Gasteiger partial charge in [-0.25, -0.2) is 0 Å². The summed E-state index contributed by atoms with van der Waals surface area (Å²) in [6.07, 6.45) is 8.80. The third-order valence-corrected chi connectivity index (χ3v) is 8.60. The number of amides is 2. The summed E-state index contributed by atoms with van der Waals surface area (Å²) < 4.78 is 7.94. The number of carbonyl (C=O) groups excluding carboxylic acids is 2. The molecule has 1 saturated carbocycles. The third kappa shape index (κ3) is 3.96. The summed E-state index contributed by atoms with van der Waals surface area (Å²) in [4.78, 5) is 27.7. The minimum Gasteiger partial charge on any atom is -0.381 e. The summed E-state index contributed by atoms with van der Waals surface area (Å²) in [5, 5.41) is 4.35. The van der Waals surface area contributed by atoms with Crippen LogP contribution in [0.5, 0.6) is 0 Å². The van der Waals surface area contributed by atoms with Gasteiger partial charge in [-0.15, -0.1) is 0 Å². The Morgan fingerprint density at radius 1 is 1.03 bits per heavy atom. The molecular formula is C27H35N3O3. The summed E-state index contributed by atoms with van der Waals surface area (Å²) in [7, 11) is 2.17. The van der Waals surface area contributed by atoms with Gasteiger partial charge in [0.2, 0.25) is 5.91 Å². The number of hydrogen-bond acceptors (Lipinski definition) is 3. The molecule has 33 heavy (non-hydrogen) atoms. The molecule has 6 rings (SSSR count). The van der Waals surface area contributed by atoms with E-state index in [4.69, 9.17) is 4.74 Å². The van der Waals surface area contributed by atoms with Gasteiger partial charge in [0.05, 0.1) is 5.92 Å². The highest BCUT2D eigenvalue weighted by Gasteiger charge is 2.35.